The number of aromatic nitrogens is 3. The number of hydrogen-bond donors (Lipinski definition) is 1. The maximum Gasteiger partial charge on any atom is 0.324 e. The van der Waals surface area contributed by atoms with E-state index in [1.807, 2.05) is 52.5 Å². The third-order valence-corrected chi connectivity index (χ3v) is 7.31. The summed E-state index contributed by atoms with van der Waals surface area (Å²) in [6, 6.07) is 16.6. The standard InChI is InChI=1S/C27H23N7O/c1-28-21-4-2-18(3-5-21)19-13-25-26-30-8-9-34(26)24-7-6-22(12-20(24)17-31(25)16-19)32-10-11-33(27(32)35)23-14-29-15-23/h2-9,12-13,16,23,29H,10-11,14-15,17H2. The number of amides is 2. The van der Waals surface area contributed by atoms with Gasteiger partial charge in [-0.1, -0.05) is 24.3 Å². The SMILES string of the molecule is [C-]#[N+]c1ccc(-c2cc3n(c2)Cc2cc(N4CCN(C5CNC5)C4=O)ccc2-n2ccnc2-3)cc1. The Labute approximate surface area is 202 Å². The number of urea groups is 1. The van der Waals surface area contributed by atoms with Gasteiger partial charge in [-0.25, -0.2) is 14.6 Å². The van der Waals surface area contributed by atoms with Gasteiger partial charge in [-0.05, 0) is 35.4 Å². The number of carbonyl (C=O) groups excluding carboxylic acids is 1. The summed E-state index contributed by atoms with van der Waals surface area (Å²) >= 11 is 0. The molecule has 172 valence electrons. The van der Waals surface area contributed by atoms with Crippen molar-refractivity contribution < 1.29 is 4.79 Å². The largest absolute Gasteiger partial charge is 0.340 e. The van der Waals surface area contributed by atoms with Gasteiger partial charge in [-0.15, -0.1) is 0 Å². The summed E-state index contributed by atoms with van der Waals surface area (Å²) < 4.78 is 4.35. The summed E-state index contributed by atoms with van der Waals surface area (Å²) in [6.45, 7) is 11.1. The van der Waals surface area contributed by atoms with Crippen LogP contribution in [0.5, 0.6) is 0 Å². The third kappa shape index (κ3) is 3.09. The molecule has 2 amide bonds. The molecule has 8 nitrogen and oxygen atoms in total. The Bertz CT molecular complexity index is 1500. The van der Waals surface area contributed by atoms with Crippen LogP contribution in [0.25, 0.3) is 33.2 Å². The molecule has 0 aliphatic carbocycles. The molecule has 0 saturated carbocycles. The van der Waals surface area contributed by atoms with E-state index in [9.17, 15) is 4.79 Å². The number of benzene rings is 2. The molecule has 0 bridgehead atoms. The van der Waals surface area contributed by atoms with Crippen molar-refractivity contribution in [3.8, 4) is 28.3 Å². The van der Waals surface area contributed by atoms with E-state index in [0.717, 1.165) is 59.2 Å². The molecule has 5 heterocycles. The molecule has 1 N–H and O–H groups in total. The molecule has 3 aliphatic heterocycles. The third-order valence-electron chi connectivity index (χ3n) is 7.31. The normalized spacial score (nSPS) is 16.8. The van der Waals surface area contributed by atoms with Crippen LogP contribution in [0.15, 0.2) is 67.1 Å². The van der Waals surface area contributed by atoms with E-state index in [1.54, 1.807) is 0 Å². The highest BCUT2D eigenvalue weighted by Gasteiger charge is 2.37. The Kier molecular flexibility index (Phi) is 4.35. The number of fused-ring (bicyclic) bond motifs is 5. The molecule has 35 heavy (non-hydrogen) atoms. The van der Waals surface area contributed by atoms with Crippen LogP contribution >= 0.6 is 0 Å². The molecule has 0 spiro atoms. The van der Waals surface area contributed by atoms with Crippen molar-refractivity contribution >= 4 is 17.4 Å². The van der Waals surface area contributed by atoms with Crippen molar-refractivity contribution in [3.05, 3.63) is 84.1 Å². The summed E-state index contributed by atoms with van der Waals surface area (Å²) in [6.07, 6.45) is 5.97. The van der Waals surface area contributed by atoms with Gasteiger partial charge in [0.2, 0.25) is 0 Å². The minimum atomic E-state index is 0.0974. The van der Waals surface area contributed by atoms with Crippen LogP contribution in [0, 0.1) is 6.57 Å². The topological polar surface area (TPSA) is 62.7 Å². The van der Waals surface area contributed by atoms with Gasteiger partial charge in [-0.2, -0.15) is 0 Å². The Morgan fingerprint density at radius 2 is 1.89 bits per heavy atom. The van der Waals surface area contributed by atoms with E-state index in [2.05, 4.69) is 48.7 Å². The molecule has 0 unspecified atom stereocenters. The zero-order valence-electron chi connectivity index (χ0n) is 19.1. The molecule has 3 aliphatic rings. The van der Waals surface area contributed by atoms with Gasteiger partial charge in [0, 0.05) is 62.6 Å². The molecular weight excluding hydrogens is 438 g/mol. The molecule has 2 aromatic carbocycles. The smallest absolute Gasteiger partial charge is 0.324 e. The molecule has 2 aromatic heterocycles. The van der Waals surface area contributed by atoms with Crippen LogP contribution in [0.1, 0.15) is 5.56 Å². The van der Waals surface area contributed by atoms with Crippen LogP contribution < -0.4 is 10.2 Å². The van der Waals surface area contributed by atoms with E-state index >= 15 is 0 Å². The highest BCUT2D eigenvalue weighted by atomic mass is 16.2. The van der Waals surface area contributed by atoms with Gasteiger partial charge < -0.3 is 14.8 Å². The minimum Gasteiger partial charge on any atom is -0.340 e. The van der Waals surface area contributed by atoms with Crippen molar-refractivity contribution in [2.75, 3.05) is 31.1 Å². The maximum atomic E-state index is 13.1. The first kappa shape index (κ1) is 20.1. The van der Waals surface area contributed by atoms with E-state index in [0.29, 0.717) is 24.8 Å². The highest BCUT2D eigenvalue weighted by molar-refractivity contribution is 5.94. The van der Waals surface area contributed by atoms with Gasteiger partial charge in [-0.3, -0.25) is 9.47 Å². The number of nitrogens with one attached hydrogen (secondary N) is 1. The second-order valence-corrected chi connectivity index (χ2v) is 9.27. The predicted octanol–water partition coefficient (Wildman–Crippen LogP) is 4.13. The number of anilines is 1. The molecule has 0 atom stereocenters. The van der Waals surface area contributed by atoms with Gasteiger partial charge in [0.1, 0.15) is 0 Å². The lowest BCUT2D eigenvalue weighted by Gasteiger charge is -2.35. The Hall–Kier alpha value is -4.35. The average Bonchev–Trinajstić information content (AvgIpc) is 3.56. The van der Waals surface area contributed by atoms with E-state index in [-0.39, 0.29) is 6.03 Å². The van der Waals surface area contributed by atoms with Crippen molar-refractivity contribution in [2.45, 2.75) is 12.6 Å². The van der Waals surface area contributed by atoms with Crippen LogP contribution in [0.3, 0.4) is 0 Å². The molecule has 7 rings (SSSR count). The lowest BCUT2D eigenvalue weighted by molar-refractivity contribution is 0.175. The van der Waals surface area contributed by atoms with Gasteiger partial charge >= 0.3 is 6.03 Å². The van der Waals surface area contributed by atoms with E-state index < -0.39 is 0 Å². The molecule has 4 aromatic rings. The van der Waals surface area contributed by atoms with Crippen molar-refractivity contribution in [1.29, 1.82) is 0 Å². The highest BCUT2D eigenvalue weighted by Crippen LogP contribution is 2.36. The van der Waals surface area contributed by atoms with E-state index in [1.165, 1.54) is 0 Å². The maximum absolute atomic E-state index is 13.1. The summed E-state index contributed by atoms with van der Waals surface area (Å²) in [4.78, 5) is 25.2. The van der Waals surface area contributed by atoms with Gasteiger partial charge in [0.25, 0.3) is 0 Å². The van der Waals surface area contributed by atoms with Crippen LogP contribution in [0.4, 0.5) is 16.2 Å². The van der Waals surface area contributed by atoms with Gasteiger partial charge in [0.05, 0.1) is 24.0 Å². The Morgan fingerprint density at radius 1 is 1.03 bits per heavy atom. The first-order valence-corrected chi connectivity index (χ1v) is 11.8. The number of nitrogens with zero attached hydrogens (tertiary/aromatic N) is 6. The summed E-state index contributed by atoms with van der Waals surface area (Å²) in [5.41, 5.74) is 6.99. The van der Waals surface area contributed by atoms with Crippen molar-refractivity contribution in [2.24, 2.45) is 0 Å². The van der Waals surface area contributed by atoms with E-state index in [4.69, 9.17) is 6.57 Å². The van der Waals surface area contributed by atoms with Crippen molar-refractivity contribution in [3.63, 3.8) is 0 Å². The summed E-state index contributed by atoms with van der Waals surface area (Å²) in [5.74, 6) is 0.890. The fourth-order valence-corrected chi connectivity index (χ4v) is 5.31. The number of imidazole rings is 1. The van der Waals surface area contributed by atoms with Gasteiger partial charge in [0.15, 0.2) is 11.5 Å². The van der Waals surface area contributed by atoms with Crippen molar-refractivity contribution in [1.82, 2.24) is 24.3 Å². The molecule has 2 saturated heterocycles. The number of rotatable bonds is 3. The van der Waals surface area contributed by atoms with Crippen LogP contribution in [-0.2, 0) is 6.54 Å². The first-order valence-electron chi connectivity index (χ1n) is 11.8. The monoisotopic (exact) mass is 461 g/mol. The first-order chi connectivity index (χ1) is 17.2. The zero-order chi connectivity index (χ0) is 23.5. The number of carbonyl (C=O) groups is 1. The molecule has 0 radical (unpaired) electrons. The zero-order valence-corrected chi connectivity index (χ0v) is 19.1. The van der Waals surface area contributed by atoms with Crippen LogP contribution in [-0.4, -0.2) is 57.3 Å². The quantitative estimate of drug-likeness (QED) is 0.411. The average molecular weight is 462 g/mol. The summed E-state index contributed by atoms with van der Waals surface area (Å²) in [5, 5.41) is 3.26. The molecule has 8 heteroatoms. The fourth-order valence-electron chi connectivity index (χ4n) is 5.31. The molecular formula is C27H23N7O. The van der Waals surface area contributed by atoms with Crippen LogP contribution in [0.2, 0.25) is 0 Å². The number of hydrogen-bond acceptors (Lipinski definition) is 3. The predicted molar refractivity (Wildman–Crippen MR) is 134 cm³/mol. The lowest BCUT2D eigenvalue weighted by atomic mass is 10.1. The second kappa shape index (κ2) is 7.58. The Balaban J connectivity index is 1.27. The lowest BCUT2D eigenvalue weighted by Crippen LogP contribution is -2.58. The molecule has 2 fully saturated rings. The Morgan fingerprint density at radius 3 is 2.66 bits per heavy atom. The fraction of sp³-hybridized carbons (Fsp3) is 0.222. The second-order valence-electron chi connectivity index (χ2n) is 9.27. The minimum absolute atomic E-state index is 0.0974. The summed E-state index contributed by atoms with van der Waals surface area (Å²) in [7, 11) is 0.